The highest BCUT2D eigenvalue weighted by molar-refractivity contribution is 7.90. The molecule has 6 nitrogen and oxygen atoms in total. The Labute approximate surface area is 177 Å². The van der Waals surface area contributed by atoms with Crippen molar-refractivity contribution in [3.8, 4) is 5.69 Å². The highest BCUT2D eigenvalue weighted by Gasteiger charge is 2.37. The number of aromatic nitrogens is 2. The lowest BCUT2D eigenvalue weighted by Gasteiger charge is -2.14. The van der Waals surface area contributed by atoms with E-state index in [-0.39, 0.29) is 5.56 Å². The molecule has 0 saturated heterocycles. The molecule has 3 rings (SSSR count). The number of hydrogen-bond acceptors (Lipinski definition) is 4. The third-order valence-electron chi connectivity index (χ3n) is 4.88. The standard InChI is InChI=1S/C21H20F3N3O3S/c1-4-17-13(2)25-27(14(17)3)16-11-9-15(10-12-16)20(28)26-31(29,30)19-8-6-5-7-18(19)21(22,23)24/h5-12H,4H2,1-3H3,(H,26,28). The molecule has 10 heteroatoms. The third kappa shape index (κ3) is 4.48. The molecule has 0 unspecified atom stereocenters. The van der Waals surface area contributed by atoms with E-state index in [2.05, 4.69) is 5.10 Å². The minimum absolute atomic E-state index is 0.0194. The number of hydrogen-bond donors (Lipinski definition) is 1. The Morgan fingerprint density at radius 1 is 1.06 bits per heavy atom. The van der Waals surface area contributed by atoms with Gasteiger partial charge in [-0.1, -0.05) is 19.1 Å². The Morgan fingerprint density at radius 3 is 2.23 bits per heavy atom. The number of carbonyl (C=O) groups excluding carboxylic acids is 1. The van der Waals surface area contributed by atoms with Crippen LogP contribution >= 0.6 is 0 Å². The summed E-state index contributed by atoms with van der Waals surface area (Å²) in [6, 6.07) is 9.62. The molecular formula is C21H20F3N3O3S. The van der Waals surface area contributed by atoms with E-state index in [9.17, 15) is 26.4 Å². The number of amides is 1. The van der Waals surface area contributed by atoms with Gasteiger partial charge in [-0.15, -0.1) is 0 Å². The lowest BCUT2D eigenvalue weighted by atomic mass is 10.1. The van der Waals surface area contributed by atoms with Gasteiger partial charge in [-0.2, -0.15) is 18.3 Å². The summed E-state index contributed by atoms with van der Waals surface area (Å²) >= 11 is 0. The Hall–Kier alpha value is -3.14. The van der Waals surface area contributed by atoms with Crippen molar-refractivity contribution in [2.75, 3.05) is 0 Å². The second kappa shape index (κ2) is 8.18. The molecule has 31 heavy (non-hydrogen) atoms. The van der Waals surface area contributed by atoms with E-state index in [1.807, 2.05) is 20.8 Å². The normalized spacial score (nSPS) is 12.1. The Morgan fingerprint density at radius 2 is 1.68 bits per heavy atom. The summed E-state index contributed by atoms with van der Waals surface area (Å²) in [7, 11) is -4.73. The van der Waals surface area contributed by atoms with Gasteiger partial charge in [-0.25, -0.2) is 17.8 Å². The minimum Gasteiger partial charge on any atom is -0.268 e. The van der Waals surface area contributed by atoms with Crippen LogP contribution in [0.2, 0.25) is 0 Å². The van der Waals surface area contributed by atoms with Gasteiger partial charge >= 0.3 is 6.18 Å². The lowest BCUT2D eigenvalue weighted by Crippen LogP contribution is -2.32. The van der Waals surface area contributed by atoms with Gasteiger partial charge in [0.2, 0.25) is 0 Å². The van der Waals surface area contributed by atoms with Crippen molar-refractivity contribution in [3.05, 3.63) is 76.6 Å². The van der Waals surface area contributed by atoms with Crippen molar-refractivity contribution < 1.29 is 26.4 Å². The molecule has 2 aromatic carbocycles. The zero-order chi connectivity index (χ0) is 23.0. The number of nitrogens with zero attached hydrogens (tertiary/aromatic N) is 2. The van der Waals surface area contributed by atoms with Gasteiger partial charge in [0.15, 0.2) is 0 Å². The molecule has 0 aliphatic carbocycles. The highest BCUT2D eigenvalue weighted by Crippen LogP contribution is 2.33. The van der Waals surface area contributed by atoms with Crippen LogP contribution in [0.5, 0.6) is 0 Å². The molecule has 0 atom stereocenters. The van der Waals surface area contributed by atoms with E-state index in [1.165, 1.54) is 12.1 Å². The summed E-state index contributed by atoms with van der Waals surface area (Å²) < 4.78 is 67.8. The smallest absolute Gasteiger partial charge is 0.268 e. The predicted octanol–water partition coefficient (Wildman–Crippen LogP) is 4.19. The number of carbonyl (C=O) groups is 1. The molecule has 3 aromatic rings. The molecular weight excluding hydrogens is 431 g/mol. The summed E-state index contributed by atoms with van der Waals surface area (Å²) in [5.41, 5.74) is 2.24. The highest BCUT2D eigenvalue weighted by atomic mass is 32.2. The second-order valence-corrected chi connectivity index (χ2v) is 8.54. The van der Waals surface area contributed by atoms with Gasteiger partial charge < -0.3 is 0 Å². The van der Waals surface area contributed by atoms with E-state index in [0.717, 1.165) is 41.6 Å². The van der Waals surface area contributed by atoms with Crippen molar-refractivity contribution in [2.24, 2.45) is 0 Å². The van der Waals surface area contributed by atoms with Crippen molar-refractivity contribution in [1.29, 1.82) is 0 Å². The van der Waals surface area contributed by atoms with Crippen LogP contribution in [-0.4, -0.2) is 24.1 Å². The van der Waals surface area contributed by atoms with E-state index in [0.29, 0.717) is 11.8 Å². The fourth-order valence-corrected chi connectivity index (χ4v) is 4.57. The summed E-state index contributed by atoms with van der Waals surface area (Å²) in [6.45, 7) is 5.84. The molecule has 0 radical (unpaired) electrons. The molecule has 0 spiro atoms. The summed E-state index contributed by atoms with van der Waals surface area (Å²) in [5.74, 6) is -1.04. The largest absolute Gasteiger partial charge is 0.417 e. The molecule has 1 heterocycles. The van der Waals surface area contributed by atoms with Gasteiger partial charge in [-0.3, -0.25) is 4.79 Å². The monoisotopic (exact) mass is 451 g/mol. The summed E-state index contributed by atoms with van der Waals surface area (Å²) in [6.07, 6.45) is -4.07. The van der Waals surface area contributed by atoms with Crippen LogP contribution in [0.25, 0.3) is 5.69 Å². The van der Waals surface area contributed by atoms with E-state index in [4.69, 9.17) is 0 Å². The molecule has 1 aromatic heterocycles. The molecule has 0 saturated carbocycles. The average molecular weight is 451 g/mol. The first-order valence-electron chi connectivity index (χ1n) is 9.34. The number of rotatable bonds is 5. The maximum Gasteiger partial charge on any atom is 0.417 e. The molecule has 1 amide bonds. The topological polar surface area (TPSA) is 81.1 Å². The number of benzene rings is 2. The van der Waals surface area contributed by atoms with Gasteiger partial charge in [0.1, 0.15) is 0 Å². The number of alkyl halides is 3. The summed E-state index contributed by atoms with van der Waals surface area (Å²) in [5, 5.41) is 4.47. The van der Waals surface area contributed by atoms with Crippen LogP contribution in [0.1, 0.15) is 39.8 Å². The molecule has 0 aliphatic rings. The van der Waals surface area contributed by atoms with Crippen LogP contribution in [0, 0.1) is 13.8 Å². The SMILES string of the molecule is CCc1c(C)nn(-c2ccc(C(=O)NS(=O)(=O)c3ccccc3C(F)(F)F)cc2)c1C. The van der Waals surface area contributed by atoms with E-state index in [1.54, 1.807) is 21.5 Å². The molecule has 164 valence electrons. The maximum atomic E-state index is 13.1. The van der Waals surface area contributed by atoms with Gasteiger partial charge in [0, 0.05) is 11.3 Å². The Kier molecular flexibility index (Phi) is 5.95. The zero-order valence-corrected chi connectivity index (χ0v) is 17.8. The Bertz CT molecular complexity index is 1230. The molecule has 0 bridgehead atoms. The van der Waals surface area contributed by atoms with Crippen LogP contribution in [0.15, 0.2) is 53.4 Å². The van der Waals surface area contributed by atoms with Crippen molar-refractivity contribution >= 4 is 15.9 Å². The third-order valence-corrected chi connectivity index (χ3v) is 6.27. The number of halogens is 3. The van der Waals surface area contributed by atoms with Gasteiger partial charge in [0.25, 0.3) is 15.9 Å². The van der Waals surface area contributed by atoms with Crippen LogP contribution in [0.4, 0.5) is 13.2 Å². The molecule has 1 N–H and O–H groups in total. The van der Waals surface area contributed by atoms with Crippen molar-refractivity contribution in [1.82, 2.24) is 14.5 Å². The lowest BCUT2D eigenvalue weighted by molar-refractivity contribution is -0.139. The molecule has 0 fully saturated rings. The van der Waals surface area contributed by atoms with Crippen molar-refractivity contribution in [2.45, 2.75) is 38.3 Å². The van der Waals surface area contributed by atoms with Crippen LogP contribution in [0.3, 0.4) is 0 Å². The average Bonchev–Trinajstić information content (AvgIpc) is 3.00. The quantitative estimate of drug-likeness (QED) is 0.631. The number of sulfonamides is 1. The second-order valence-electron chi connectivity index (χ2n) is 6.89. The van der Waals surface area contributed by atoms with Crippen molar-refractivity contribution in [3.63, 3.8) is 0 Å². The first kappa shape index (κ1) is 22.5. The molecule has 0 aliphatic heterocycles. The predicted molar refractivity (Wildman–Crippen MR) is 109 cm³/mol. The number of aryl methyl sites for hydroxylation is 1. The zero-order valence-electron chi connectivity index (χ0n) is 17.0. The van der Waals surface area contributed by atoms with Crippen LogP contribution in [-0.2, 0) is 22.6 Å². The minimum atomic E-state index is -4.88. The first-order valence-corrected chi connectivity index (χ1v) is 10.8. The van der Waals surface area contributed by atoms with E-state index < -0.39 is 32.6 Å². The first-order chi connectivity index (χ1) is 14.5. The van der Waals surface area contributed by atoms with Crippen LogP contribution < -0.4 is 4.72 Å². The van der Waals surface area contributed by atoms with Gasteiger partial charge in [-0.05, 0) is 62.2 Å². The fraction of sp³-hybridized carbons (Fsp3) is 0.238. The van der Waals surface area contributed by atoms with E-state index >= 15 is 0 Å². The number of nitrogens with one attached hydrogen (secondary N) is 1. The Balaban J connectivity index is 1.87. The summed E-state index contributed by atoms with van der Waals surface area (Å²) in [4.78, 5) is 11.4. The fourth-order valence-electron chi connectivity index (χ4n) is 3.36. The van der Waals surface area contributed by atoms with Gasteiger partial charge in [0.05, 0.1) is 21.8 Å². The maximum absolute atomic E-state index is 13.1.